The van der Waals surface area contributed by atoms with Gasteiger partial charge in [-0.3, -0.25) is 14.1 Å². The first-order chi connectivity index (χ1) is 10.6. The molecule has 0 aromatic carbocycles. The lowest BCUT2D eigenvalue weighted by atomic mass is 10.2. The third-order valence-corrected chi connectivity index (χ3v) is 2.66. The fraction of sp³-hybridized carbons (Fsp3) is 0.857. The highest BCUT2D eigenvalue weighted by Gasteiger charge is 2.79. The van der Waals surface area contributed by atoms with Crippen molar-refractivity contribution in [3.8, 4) is 0 Å². The summed E-state index contributed by atoms with van der Waals surface area (Å²) in [6.45, 7) is 0. The van der Waals surface area contributed by atoms with E-state index >= 15 is 0 Å². The van der Waals surface area contributed by atoms with E-state index in [1.165, 1.54) is 0 Å². The van der Waals surface area contributed by atoms with Crippen LogP contribution in [0.4, 0.5) is 48.3 Å². The average Bonchev–Trinajstić information content (AvgIpc) is 2.31. The molecule has 25 heavy (non-hydrogen) atoms. The van der Waals surface area contributed by atoms with Gasteiger partial charge >= 0.3 is 37.8 Å². The molecular formula is C7H5F11NO5P. The maximum atomic E-state index is 13.5. The molecule has 0 rings (SSSR count). The molecule has 0 aromatic rings. The van der Waals surface area contributed by atoms with Crippen molar-refractivity contribution in [2.24, 2.45) is 0 Å². The minimum absolute atomic E-state index is 0.401. The Hall–Kier alpha value is -1.19. The number of alkyl halides is 11. The SMILES string of the molecule is O=C(NCP(=O)(O)O)C(F)(OC(F)(F)C(F)(F)C(F)(F)F)C(F)(F)F. The highest BCUT2D eigenvalue weighted by molar-refractivity contribution is 7.51. The normalized spacial score (nSPS) is 17.2. The molecule has 0 aromatic heterocycles. The minimum atomic E-state index is -7.36. The Morgan fingerprint density at radius 1 is 0.880 bits per heavy atom. The predicted molar refractivity (Wildman–Crippen MR) is 52.0 cm³/mol. The topological polar surface area (TPSA) is 95.9 Å². The van der Waals surface area contributed by atoms with Crippen molar-refractivity contribution in [2.45, 2.75) is 30.2 Å². The molecule has 6 nitrogen and oxygen atoms in total. The number of amides is 1. The summed E-state index contributed by atoms with van der Waals surface area (Å²) in [6, 6.07) is 0. The van der Waals surface area contributed by atoms with Gasteiger partial charge in [0.2, 0.25) is 0 Å². The van der Waals surface area contributed by atoms with Crippen LogP contribution in [0.3, 0.4) is 0 Å². The van der Waals surface area contributed by atoms with Crippen LogP contribution < -0.4 is 5.32 Å². The zero-order valence-corrected chi connectivity index (χ0v) is 11.8. The summed E-state index contributed by atoms with van der Waals surface area (Å²) >= 11 is 0. The lowest BCUT2D eigenvalue weighted by Gasteiger charge is -2.34. The van der Waals surface area contributed by atoms with Gasteiger partial charge in [0.15, 0.2) is 0 Å². The van der Waals surface area contributed by atoms with Gasteiger partial charge in [0.25, 0.3) is 5.91 Å². The molecule has 3 N–H and O–H groups in total. The molecule has 150 valence electrons. The van der Waals surface area contributed by atoms with E-state index in [1.54, 1.807) is 0 Å². The van der Waals surface area contributed by atoms with Gasteiger partial charge in [0, 0.05) is 0 Å². The van der Waals surface area contributed by atoms with Crippen molar-refractivity contribution in [1.29, 1.82) is 0 Å². The molecule has 0 spiro atoms. The quantitative estimate of drug-likeness (QED) is 0.450. The van der Waals surface area contributed by atoms with Crippen LogP contribution in [0.2, 0.25) is 0 Å². The van der Waals surface area contributed by atoms with Crippen LogP contribution in [0.1, 0.15) is 0 Å². The van der Waals surface area contributed by atoms with E-state index in [2.05, 4.69) is 0 Å². The molecule has 0 saturated carbocycles. The third kappa shape index (κ3) is 5.15. The molecule has 0 aliphatic heterocycles. The smallest absolute Gasteiger partial charge is 0.339 e. The van der Waals surface area contributed by atoms with Crippen LogP contribution in [0.15, 0.2) is 0 Å². The Kier molecular flexibility index (Phi) is 6.20. The monoisotopic (exact) mass is 423 g/mol. The van der Waals surface area contributed by atoms with Crippen molar-refractivity contribution in [2.75, 3.05) is 6.29 Å². The van der Waals surface area contributed by atoms with Crippen molar-refractivity contribution in [1.82, 2.24) is 5.32 Å². The van der Waals surface area contributed by atoms with E-state index in [0.29, 0.717) is 5.32 Å². The molecule has 0 bridgehead atoms. The fourth-order valence-corrected chi connectivity index (χ4v) is 1.28. The van der Waals surface area contributed by atoms with Gasteiger partial charge in [-0.05, 0) is 0 Å². The van der Waals surface area contributed by atoms with E-state index in [1.807, 2.05) is 4.74 Å². The zero-order valence-electron chi connectivity index (χ0n) is 10.9. The Balaban J connectivity index is 5.86. The average molecular weight is 423 g/mol. The summed E-state index contributed by atoms with van der Waals surface area (Å²) in [7, 11) is -5.39. The summed E-state index contributed by atoms with van der Waals surface area (Å²) < 4.78 is 149. The Morgan fingerprint density at radius 2 is 1.28 bits per heavy atom. The van der Waals surface area contributed by atoms with Gasteiger partial charge in [-0.25, -0.2) is 0 Å². The highest BCUT2D eigenvalue weighted by Crippen LogP contribution is 2.51. The van der Waals surface area contributed by atoms with E-state index in [4.69, 9.17) is 9.79 Å². The Bertz CT molecular complexity index is 554. The number of nitrogens with one attached hydrogen (secondary N) is 1. The molecule has 1 unspecified atom stereocenters. The van der Waals surface area contributed by atoms with Crippen LogP contribution in [0.25, 0.3) is 0 Å². The number of carbonyl (C=O) groups is 1. The molecule has 0 saturated heterocycles. The molecular weight excluding hydrogens is 418 g/mol. The van der Waals surface area contributed by atoms with Crippen molar-refractivity contribution in [3.05, 3.63) is 0 Å². The number of ether oxygens (including phenoxy) is 1. The Labute approximate surface area is 129 Å². The number of halogens is 11. The second-order valence-corrected chi connectivity index (χ2v) is 5.76. The van der Waals surface area contributed by atoms with Gasteiger partial charge in [-0.15, -0.1) is 0 Å². The first-order valence-corrected chi connectivity index (χ1v) is 6.99. The summed E-state index contributed by atoms with van der Waals surface area (Å²) in [5.41, 5.74) is 0. The Morgan fingerprint density at radius 3 is 1.56 bits per heavy atom. The van der Waals surface area contributed by atoms with Gasteiger partial charge in [-0.2, -0.15) is 48.3 Å². The number of hydrogen-bond donors (Lipinski definition) is 3. The molecule has 1 amide bonds. The van der Waals surface area contributed by atoms with Crippen LogP contribution >= 0.6 is 7.60 Å². The maximum absolute atomic E-state index is 13.5. The van der Waals surface area contributed by atoms with E-state index < -0.39 is 50.0 Å². The molecule has 0 heterocycles. The lowest BCUT2D eigenvalue weighted by Crippen LogP contribution is -2.63. The molecule has 0 radical (unpaired) electrons. The lowest BCUT2D eigenvalue weighted by molar-refractivity contribution is -0.472. The van der Waals surface area contributed by atoms with Crippen LogP contribution in [0, 0.1) is 0 Å². The summed E-state index contributed by atoms with van der Waals surface area (Å²) in [5, 5.41) is 0.401. The van der Waals surface area contributed by atoms with Crippen molar-refractivity contribution < 1.29 is 72.2 Å². The van der Waals surface area contributed by atoms with Crippen LogP contribution in [-0.2, 0) is 14.1 Å². The maximum Gasteiger partial charge on any atom is 0.462 e. The fourth-order valence-electron chi connectivity index (χ4n) is 0.927. The second kappa shape index (κ2) is 6.51. The number of carbonyl (C=O) groups excluding carboxylic acids is 1. The second-order valence-electron chi connectivity index (χ2n) is 4.11. The van der Waals surface area contributed by atoms with Crippen LogP contribution in [0.5, 0.6) is 0 Å². The van der Waals surface area contributed by atoms with E-state index in [0.717, 1.165) is 0 Å². The minimum Gasteiger partial charge on any atom is -0.339 e. The largest absolute Gasteiger partial charge is 0.462 e. The predicted octanol–water partition coefficient (Wildman–Crippen LogP) is 2.27. The summed E-state index contributed by atoms with van der Waals surface area (Å²) in [4.78, 5) is 27.4. The molecule has 18 heteroatoms. The zero-order chi connectivity index (χ0) is 20.7. The van der Waals surface area contributed by atoms with Gasteiger partial charge < -0.3 is 15.1 Å². The van der Waals surface area contributed by atoms with Crippen molar-refractivity contribution in [3.63, 3.8) is 0 Å². The highest BCUT2D eigenvalue weighted by atomic mass is 31.2. The summed E-state index contributed by atoms with van der Waals surface area (Å²) in [6.07, 6.45) is -23.5. The summed E-state index contributed by atoms with van der Waals surface area (Å²) in [5.74, 6) is -17.4. The van der Waals surface area contributed by atoms with Crippen LogP contribution in [-0.4, -0.2) is 52.2 Å². The standard InChI is InChI=1S/C7H5F11NO5P/c8-3(5(11,12)13,2(20)19-1-25(21,22)23)24-7(17,18)4(9,10)6(14,15)16/h1H2,(H,19,20)(H2,21,22,23). The molecule has 0 fully saturated rings. The number of rotatable bonds is 6. The first kappa shape index (κ1) is 23.8. The molecule has 0 aliphatic carbocycles. The third-order valence-electron chi connectivity index (χ3n) is 2.09. The number of hydrogen-bond acceptors (Lipinski definition) is 3. The van der Waals surface area contributed by atoms with E-state index in [9.17, 15) is 57.7 Å². The molecule has 1 atom stereocenters. The first-order valence-electron chi connectivity index (χ1n) is 5.19. The van der Waals surface area contributed by atoms with Crippen molar-refractivity contribution >= 4 is 13.5 Å². The van der Waals surface area contributed by atoms with Gasteiger partial charge in [0.1, 0.15) is 6.29 Å². The van der Waals surface area contributed by atoms with Gasteiger partial charge in [0.05, 0.1) is 0 Å². The van der Waals surface area contributed by atoms with E-state index in [-0.39, 0.29) is 0 Å². The molecule has 0 aliphatic rings. The van der Waals surface area contributed by atoms with Gasteiger partial charge in [-0.1, -0.05) is 0 Å².